The number of aryl methyl sites for hydroxylation is 1. The number of hydrogen-bond acceptors (Lipinski definition) is 5. The highest BCUT2D eigenvalue weighted by molar-refractivity contribution is 5.90. The maximum Gasteiger partial charge on any atom is 0.339 e. The van der Waals surface area contributed by atoms with Crippen LogP contribution < -0.4 is 10.2 Å². The fraction of sp³-hybridized carbons (Fsp3) is 0.538. The van der Waals surface area contributed by atoms with Gasteiger partial charge in [0.05, 0.1) is 18.4 Å². The van der Waals surface area contributed by atoms with Gasteiger partial charge in [0.25, 0.3) is 0 Å². The van der Waals surface area contributed by atoms with E-state index in [-0.39, 0.29) is 5.97 Å². The average Bonchev–Trinajstić information content (AvgIpc) is 2.86. The van der Waals surface area contributed by atoms with Gasteiger partial charge in [-0.25, -0.2) is 9.78 Å². The monoisotopic (exact) mass is 249 g/mol. The lowest BCUT2D eigenvalue weighted by Crippen LogP contribution is -2.30. The minimum atomic E-state index is -0.332. The number of nitrogens with zero attached hydrogens (tertiary/aromatic N) is 2. The molecule has 1 N–H and O–H groups in total. The van der Waals surface area contributed by atoms with Gasteiger partial charge >= 0.3 is 5.97 Å². The van der Waals surface area contributed by atoms with Crippen molar-refractivity contribution in [2.75, 3.05) is 32.1 Å². The van der Waals surface area contributed by atoms with Crippen LogP contribution in [0.25, 0.3) is 0 Å². The Morgan fingerprint density at radius 2 is 2.33 bits per heavy atom. The molecule has 0 radical (unpaired) electrons. The number of methoxy groups -OCH3 is 1. The molecule has 98 valence electrons. The highest BCUT2D eigenvalue weighted by Gasteiger charge is 2.22. The van der Waals surface area contributed by atoms with Gasteiger partial charge in [0.1, 0.15) is 5.82 Å². The van der Waals surface area contributed by atoms with Gasteiger partial charge in [-0.3, -0.25) is 0 Å². The largest absolute Gasteiger partial charge is 0.465 e. The first kappa shape index (κ1) is 12.8. The Kier molecular flexibility index (Phi) is 3.81. The fourth-order valence-corrected chi connectivity index (χ4v) is 2.25. The van der Waals surface area contributed by atoms with E-state index in [0.717, 1.165) is 25.3 Å². The van der Waals surface area contributed by atoms with E-state index in [9.17, 15) is 4.79 Å². The first-order chi connectivity index (χ1) is 8.65. The number of pyridine rings is 1. The summed E-state index contributed by atoms with van der Waals surface area (Å²) in [6.45, 7) is 3.79. The van der Waals surface area contributed by atoms with Crippen molar-refractivity contribution >= 4 is 11.8 Å². The van der Waals surface area contributed by atoms with Gasteiger partial charge in [-0.2, -0.15) is 0 Å². The van der Waals surface area contributed by atoms with E-state index >= 15 is 0 Å². The summed E-state index contributed by atoms with van der Waals surface area (Å²) in [6.07, 6.45) is 1.12. The van der Waals surface area contributed by atoms with Crippen LogP contribution in [-0.4, -0.2) is 44.2 Å². The van der Waals surface area contributed by atoms with Crippen LogP contribution in [0.2, 0.25) is 0 Å². The summed E-state index contributed by atoms with van der Waals surface area (Å²) in [4.78, 5) is 18.2. The summed E-state index contributed by atoms with van der Waals surface area (Å²) in [6, 6.07) is 4.19. The molecule has 1 aliphatic rings. The summed E-state index contributed by atoms with van der Waals surface area (Å²) in [5.74, 6) is 0.596. The van der Waals surface area contributed by atoms with E-state index in [4.69, 9.17) is 4.74 Å². The van der Waals surface area contributed by atoms with Crippen molar-refractivity contribution in [1.29, 1.82) is 0 Å². The second kappa shape index (κ2) is 5.35. The molecule has 5 heteroatoms. The number of rotatable bonds is 3. The van der Waals surface area contributed by atoms with E-state index in [2.05, 4.69) is 15.2 Å². The summed E-state index contributed by atoms with van der Waals surface area (Å²) >= 11 is 0. The molecule has 1 aliphatic heterocycles. The number of likely N-dealkylation sites (N-methyl/N-ethyl adjacent to an activating group) is 1. The maximum atomic E-state index is 11.5. The Morgan fingerprint density at radius 1 is 1.56 bits per heavy atom. The third kappa shape index (κ3) is 2.46. The van der Waals surface area contributed by atoms with E-state index in [1.54, 1.807) is 6.07 Å². The molecule has 0 amide bonds. The van der Waals surface area contributed by atoms with E-state index in [1.165, 1.54) is 7.11 Å². The second-order valence-corrected chi connectivity index (χ2v) is 4.51. The zero-order valence-electron chi connectivity index (χ0n) is 11.1. The summed E-state index contributed by atoms with van der Waals surface area (Å²) < 4.78 is 4.71. The molecular weight excluding hydrogens is 230 g/mol. The summed E-state index contributed by atoms with van der Waals surface area (Å²) in [5, 5.41) is 3.27. The van der Waals surface area contributed by atoms with E-state index in [1.807, 2.05) is 20.0 Å². The number of hydrogen-bond donors (Lipinski definition) is 1. The Hall–Kier alpha value is -1.62. The highest BCUT2D eigenvalue weighted by atomic mass is 16.5. The zero-order valence-corrected chi connectivity index (χ0v) is 11.1. The van der Waals surface area contributed by atoms with Crippen molar-refractivity contribution in [2.24, 2.45) is 0 Å². The topological polar surface area (TPSA) is 54.5 Å². The Balaban J connectivity index is 2.17. The third-order valence-electron chi connectivity index (χ3n) is 3.40. The summed E-state index contributed by atoms with van der Waals surface area (Å²) in [5.41, 5.74) is 1.25. The molecule has 0 saturated carbocycles. The van der Waals surface area contributed by atoms with Gasteiger partial charge in [0.2, 0.25) is 0 Å². The number of esters is 1. The molecule has 18 heavy (non-hydrogen) atoms. The van der Waals surface area contributed by atoms with Crippen molar-refractivity contribution in [1.82, 2.24) is 10.3 Å². The molecule has 1 unspecified atom stereocenters. The van der Waals surface area contributed by atoms with E-state index in [0.29, 0.717) is 17.3 Å². The molecule has 2 rings (SSSR count). The van der Waals surface area contributed by atoms with Gasteiger partial charge in [0.15, 0.2) is 0 Å². The lowest BCUT2D eigenvalue weighted by Gasteiger charge is -2.18. The number of carbonyl (C=O) groups is 1. The quantitative estimate of drug-likeness (QED) is 0.809. The molecule has 2 heterocycles. The molecular formula is C13H19N3O2. The predicted molar refractivity (Wildman–Crippen MR) is 70.0 cm³/mol. The smallest absolute Gasteiger partial charge is 0.339 e. The van der Waals surface area contributed by atoms with Crippen molar-refractivity contribution in [3.8, 4) is 0 Å². The molecule has 0 aliphatic carbocycles. The molecule has 0 aromatic carbocycles. The minimum Gasteiger partial charge on any atom is -0.465 e. The van der Waals surface area contributed by atoms with Crippen LogP contribution in [-0.2, 0) is 4.74 Å². The standard InChI is InChI=1S/C13H19N3O2/c1-9-11(13(17)18-3)4-5-12(15-9)16-7-6-10(8-16)14-2/h4-5,10,14H,6-8H2,1-3H3. The molecule has 1 aromatic heterocycles. The number of carbonyl (C=O) groups excluding carboxylic acids is 1. The molecule has 5 nitrogen and oxygen atoms in total. The molecule has 1 atom stereocenters. The van der Waals surface area contributed by atoms with Crippen molar-refractivity contribution in [3.63, 3.8) is 0 Å². The summed E-state index contributed by atoms with van der Waals surface area (Å²) in [7, 11) is 3.36. The van der Waals surface area contributed by atoms with Gasteiger partial charge in [0, 0.05) is 19.1 Å². The van der Waals surface area contributed by atoms with Crippen molar-refractivity contribution in [2.45, 2.75) is 19.4 Å². The number of ether oxygens (including phenoxy) is 1. The van der Waals surface area contributed by atoms with Crippen LogP contribution >= 0.6 is 0 Å². The van der Waals surface area contributed by atoms with Crippen molar-refractivity contribution < 1.29 is 9.53 Å². The SMILES string of the molecule is CNC1CCN(c2ccc(C(=O)OC)c(C)n2)C1. The normalized spacial score (nSPS) is 19.1. The van der Waals surface area contributed by atoms with Crippen LogP contribution in [0.3, 0.4) is 0 Å². The van der Waals surface area contributed by atoms with Crippen LogP contribution in [0.1, 0.15) is 22.5 Å². The second-order valence-electron chi connectivity index (χ2n) is 4.51. The Bertz CT molecular complexity index is 448. The number of anilines is 1. The first-order valence-corrected chi connectivity index (χ1v) is 6.14. The number of aromatic nitrogens is 1. The van der Waals surface area contributed by atoms with Gasteiger partial charge < -0.3 is 15.0 Å². The Labute approximate surface area is 107 Å². The van der Waals surface area contributed by atoms with Gasteiger partial charge in [-0.05, 0) is 32.5 Å². The molecule has 1 fully saturated rings. The highest BCUT2D eigenvalue weighted by Crippen LogP contribution is 2.20. The van der Waals surface area contributed by atoms with Crippen LogP contribution in [0, 0.1) is 6.92 Å². The zero-order chi connectivity index (χ0) is 13.1. The third-order valence-corrected chi connectivity index (χ3v) is 3.40. The molecule has 0 spiro atoms. The lowest BCUT2D eigenvalue weighted by molar-refractivity contribution is 0.0599. The van der Waals surface area contributed by atoms with Gasteiger partial charge in [-0.1, -0.05) is 0 Å². The molecule has 1 saturated heterocycles. The van der Waals surface area contributed by atoms with Crippen LogP contribution in [0.5, 0.6) is 0 Å². The van der Waals surface area contributed by atoms with Crippen LogP contribution in [0.4, 0.5) is 5.82 Å². The lowest BCUT2D eigenvalue weighted by atomic mass is 10.2. The van der Waals surface area contributed by atoms with Crippen LogP contribution in [0.15, 0.2) is 12.1 Å². The predicted octanol–water partition coefficient (Wildman–Crippen LogP) is 0.975. The Morgan fingerprint density at radius 3 is 2.89 bits per heavy atom. The molecule has 1 aromatic rings. The fourth-order valence-electron chi connectivity index (χ4n) is 2.25. The van der Waals surface area contributed by atoms with E-state index < -0.39 is 0 Å². The van der Waals surface area contributed by atoms with Crippen molar-refractivity contribution in [3.05, 3.63) is 23.4 Å². The maximum absolute atomic E-state index is 11.5. The average molecular weight is 249 g/mol. The number of nitrogens with one attached hydrogen (secondary N) is 1. The minimum absolute atomic E-state index is 0.332. The van der Waals surface area contributed by atoms with Gasteiger partial charge in [-0.15, -0.1) is 0 Å². The first-order valence-electron chi connectivity index (χ1n) is 6.14. The molecule has 0 bridgehead atoms.